The molecule has 1 amide bonds. The first-order valence-corrected chi connectivity index (χ1v) is 8.22. The molecule has 1 fully saturated rings. The first kappa shape index (κ1) is 16.6. The second-order valence-electron chi connectivity index (χ2n) is 5.75. The van der Waals surface area contributed by atoms with Gasteiger partial charge in [0.1, 0.15) is 0 Å². The Morgan fingerprint density at radius 1 is 1.29 bits per heavy atom. The number of carbonyl (C=O) groups excluding carboxylic acids is 1. The van der Waals surface area contributed by atoms with Crippen molar-refractivity contribution >= 4 is 34.8 Å². The van der Waals surface area contributed by atoms with Crippen LogP contribution in [0.4, 0.5) is 5.69 Å². The van der Waals surface area contributed by atoms with Crippen LogP contribution in [-0.2, 0) is 4.79 Å². The standard InChI is InChI=1S/C16H22Cl2N2O/c1-11(20(2)13-6-4-3-5-7-13)16(21)19-15-9-8-12(17)10-14(15)18/h8-11,13H,3-7H2,1-2H3,(H,19,21). The third-order valence-electron chi connectivity index (χ3n) is 4.33. The van der Waals surface area contributed by atoms with Gasteiger partial charge in [-0.25, -0.2) is 0 Å². The number of halogens is 2. The molecule has 1 unspecified atom stereocenters. The van der Waals surface area contributed by atoms with Crippen molar-refractivity contribution < 1.29 is 4.79 Å². The minimum Gasteiger partial charge on any atom is -0.323 e. The Morgan fingerprint density at radius 2 is 1.95 bits per heavy atom. The molecule has 0 radical (unpaired) electrons. The van der Waals surface area contributed by atoms with Gasteiger partial charge >= 0.3 is 0 Å². The number of hydrogen-bond acceptors (Lipinski definition) is 2. The van der Waals surface area contributed by atoms with E-state index in [9.17, 15) is 4.79 Å². The minimum atomic E-state index is -0.181. The highest BCUT2D eigenvalue weighted by atomic mass is 35.5. The molecule has 0 aliphatic heterocycles. The molecule has 1 aliphatic carbocycles. The SMILES string of the molecule is CC(C(=O)Nc1ccc(Cl)cc1Cl)N(C)C1CCCCC1. The van der Waals surface area contributed by atoms with Crippen LogP contribution < -0.4 is 5.32 Å². The van der Waals surface area contributed by atoms with Crippen molar-refractivity contribution in [2.75, 3.05) is 12.4 Å². The third kappa shape index (κ3) is 4.35. The van der Waals surface area contributed by atoms with E-state index in [1.165, 1.54) is 32.1 Å². The molecule has 3 nitrogen and oxygen atoms in total. The number of carbonyl (C=O) groups is 1. The van der Waals surface area contributed by atoms with E-state index in [2.05, 4.69) is 10.2 Å². The highest BCUT2D eigenvalue weighted by Crippen LogP contribution is 2.26. The van der Waals surface area contributed by atoms with E-state index < -0.39 is 0 Å². The fourth-order valence-electron chi connectivity index (χ4n) is 2.82. The van der Waals surface area contributed by atoms with Crippen molar-refractivity contribution in [3.8, 4) is 0 Å². The monoisotopic (exact) mass is 328 g/mol. The molecule has 2 rings (SSSR count). The van der Waals surface area contributed by atoms with Gasteiger partial charge in [-0.3, -0.25) is 9.69 Å². The van der Waals surface area contributed by atoms with Crippen LogP contribution in [0.5, 0.6) is 0 Å². The molecule has 21 heavy (non-hydrogen) atoms. The number of anilines is 1. The summed E-state index contributed by atoms with van der Waals surface area (Å²) >= 11 is 12.0. The van der Waals surface area contributed by atoms with Crippen molar-refractivity contribution in [2.45, 2.75) is 51.1 Å². The van der Waals surface area contributed by atoms with Crippen molar-refractivity contribution in [1.82, 2.24) is 4.90 Å². The van der Waals surface area contributed by atoms with Crippen LogP contribution in [0, 0.1) is 0 Å². The van der Waals surface area contributed by atoms with E-state index in [0.29, 0.717) is 21.8 Å². The number of amides is 1. The molecule has 1 aromatic carbocycles. The first-order chi connectivity index (χ1) is 9.99. The van der Waals surface area contributed by atoms with Crippen LogP contribution in [0.3, 0.4) is 0 Å². The molecule has 116 valence electrons. The third-order valence-corrected chi connectivity index (χ3v) is 4.88. The molecule has 0 heterocycles. The van der Waals surface area contributed by atoms with Gasteiger partial charge in [0.25, 0.3) is 0 Å². The van der Waals surface area contributed by atoms with Crippen LogP contribution in [0.2, 0.25) is 10.0 Å². The molecular formula is C16H22Cl2N2O. The van der Waals surface area contributed by atoms with Gasteiger partial charge in [-0.15, -0.1) is 0 Å². The quantitative estimate of drug-likeness (QED) is 0.876. The van der Waals surface area contributed by atoms with E-state index >= 15 is 0 Å². The molecule has 5 heteroatoms. The van der Waals surface area contributed by atoms with Crippen LogP contribution in [-0.4, -0.2) is 29.9 Å². The largest absolute Gasteiger partial charge is 0.323 e. The maximum Gasteiger partial charge on any atom is 0.241 e. The highest BCUT2D eigenvalue weighted by Gasteiger charge is 2.26. The molecule has 1 atom stereocenters. The van der Waals surface area contributed by atoms with Gasteiger partial charge in [0.15, 0.2) is 0 Å². The predicted octanol–water partition coefficient (Wildman–Crippen LogP) is 4.58. The molecule has 0 saturated heterocycles. The molecule has 0 bridgehead atoms. The second-order valence-corrected chi connectivity index (χ2v) is 6.59. The average Bonchev–Trinajstić information content (AvgIpc) is 2.49. The van der Waals surface area contributed by atoms with Crippen molar-refractivity contribution in [2.24, 2.45) is 0 Å². The fourth-order valence-corrected chi connectivity index (χ4v) is 3.27. The van der Waals surface area contributed by atoms with E-state index in [4.69, 9.17) is 23.2 Å². The molecule has 1 N–H and O–H groups in total. The summed E-state index contributed by atoms with van der Waals surface area (Å²) < 4.78 is 0. The van der Waals surface area contributed by atoms with Crippen LogP contribution >= 0.6 is 23.2 Å². The van der Waals surface area contributed by atoms with Gasteiger partial charge in [0.2, 0.25) is 5.91 Å². The minimum absolute atomic E-state index is 0.0349. The number of benzene rings is 1. The summed E-state index contributed by atoms with van der Waals surface area (Å²) in [6.45, 7) is 1.94. The van der Waals surface area contributed by atoms with Crippen LogP contribution in [0.25, 0.3) is 0 Å². The fraction of sp³-hybridized carbons (Fsp3) is 0.562. The maximum atomic E-state index is 12.4. The molecular weight excluding hydrogens is 307 g/mol. The zero-order chi connectivity index (χ0) is 15.4. The van der Waals surface area contributed by atoms with Gasteiger partial charge in [-0.05, 0) is 45.0 Å². The number of rotatable bonds is 4. The Morgan fingerprint density at radius 3 is 2.57 bits per heavy atom. The summed E-state index contributed by atoms with van der Waals surface area (Å²) in [5.41, 5.74) is 0.606. The van der Waals surface area contributed by atoms with Gasteiger partial charge in [0.05, 0.1) is 16.8 Å². The number of nitrogens with one attached hydrogen (secondary N) is 1. The Balaban J connectivity index is 1.98. The second kappa shape index (κ2) is 7.48. The Bertz CT molecular complexity index is 501. The predicted molar refractivity (Wildman–Crippen MR) is 89.2 cm³/mol. The molecule has 1 aromatic rings. The molecule has 1 aliphatic rings. The lowest BCUT2D eigenvalue weighted by molar-refractivity contribution is -0.121. The van der Waals surface area contributed by atoms with Crippen molar-refractivity contribution in [1.29, 1.82) is 0 Å². The topological polar surface area (TPSA) is 32.3 Å². The van der Waals surface area contributed by atoms with E-state index in [0.717, 1.165) is 0 Å². The summed E-state index contributed by atoms with van der Waals surface area (Å²) in [6, 6.07) is 5.41. The average molecular weight is 329 g/mol. The highest BCUT2D eigenvalue weighted by molar-refractivity contribution is 6.36. The summed E-state index contributed by atoms with van der Waals surface area (Å²) in [4.78, 5) is 14.6. The number of likely N-dealkylation sites (N-methyl/N-ethyl adjacent to an activating group) is 1. The lowest BCUT2D eigenvalue weighted by Crippen LogP contribution is -2.46. The zero-order valence-corrected chi connectivity index (χ0v) is 14.0. The summed E-state index contributed by atoms with van der Waals surface area (Å²) in [7, 11) is 2.03. The van der Waals surface area contributed by atoms with Gasteiger partial charge < -0.3 is 5.32 Å². The van der Waals surface area contributed by atoms with Crippen LogP contribution in [0.15, 0.2) is 18.2 Å². The van der Waals surface area contributed by atoms with Crippen molar-refractivity contribution in [3.63, 3.8) is 0 Å². The van der Waals surface area contributed by atoms with E-state index in [-0.39, 0.29) is 11.9 Å². The smallest absolute Gasteiger partial charge is 0.241 e. The van der Waals surface area contributed by atoms with E-state index in [1.807, 2.05) is 14.0 Å². The zero-order valence-electron chi connectivity index (χ0n) is 12.5. The molecule has 0 spiro atoms. The summed E-state index contributed by atoms with van der Waals surface area (Å²) in [6.07, 6.45) is 6.18. The summed E-state index contributed by atoms with van der Waals surface area (Å²) in [5.74, 6) is -0.0349. The lowest BCUT2D eigenvalue weighted by atomic mass is 9.93. The first-order valence-electron chi connectivity index (χ1n) is 7.47. The Kier molecular flexibility index (Phi) is 5.91. The van der Waals surface area contributed by atoms with Gasteiger partial charge in [-0.2, -0.15) is 0 Å². The number of nitrogens with zero attached hydrogens (tertiary/aromatic N) is 1. The Labute approximate surface area is 136 Å². The maximum absolute atomic E-state index is 12.4. The molecule has 1 saturated carbocycles. The van der Waals surface area contributed by atoms with Crippen molar-refractivity contribution in [3.05, 3.63) is 28.2 Å². The Hall–Kier alpha value is -0.770. The van der Waals surface area contributed by atoms with E-state index in [1.54, 1.807) is 18.2 Å². The lowest BCUT2D eigenvalue weighted by Gasteiger charge is -2.34. The normalized spacial score (nSPS) is 17.8. The summed E-state index contributed by atoms with van der Waals surface area (Å²) in [5, 5.41) is 3.91. The molecule has 0 aromatic heterocycles. The number of hydrogen-bond donors (Lipinski definition) is 1. The van der Waals surface area contributed by atoms with Gasteiger partial charge in [-0.1, -0.05) is 42.5 Å². The van der Waals surface area contributed by atoms with Crippen LogP contribution in [0.1, 0.15) is 39.0 Å². The van der Waals surface area contributed by atoms with Gasteiger partial charge in [0, 0.05) is 11.1 Å².